The van der Waals surface area contributed by atoms with Crippen molar-refractivity contribution < 1.29 is 9.90 Å². The predicted molar refractivity (Wildman–Crippen MR) is 100 cm³/mol. The summed E-state index contributed by atoms with van der Waals surface area (Å²) in [5.74, 6) is -0.518. The molecule has 0 saturated carbocycles. The zero-order chi connectivity index (χ0) is 18.0. The standard InChI is InChI=1S/C20H21N3O2/c1-20(2)15-9-5-6-10-16(15)23(3)18(20)12-13-21-22-19(25)14-8-4-7-11-17(14)24/h4-13,24H,1-3H3,(H,22,25). The summed E-state index contributed by atoms with van der Waals surface area (Å²) >= 11 is 0. The maximum absolute atomic E-state index is 12.0. The van der Waals surface area contributed by atoms with Gasteiger partial charge in [0.1, 0.15) is 5.75 Å². The number of fused-ring (bicyclic) bond motifs is 1. The van der Waals surface area contributed by atoms with Gasteiger partial charge in [-0.1, -0.05) is 44.2 Å². The molecule has 0 spiro atoms. The fraction of sp³-hybridized carbons (Fsp3) is 0.200. The van der Waals surface area contributed by atoms with Crippen LogP contribution in [0.2, 0.25) is 0 Å². The highest BCUT2D eigenvalue weighted by atomic mass is 16.3. The first-order valence-electron chi connectivity index (χ1n) is 8.08. The van der Waals surface area contributed by atoms with E-state index in [-0.39, 0.29) is 16.7 Å². The third-order valence-electron chi connectivity index (χ3n) is 4.56. The normalized spacial score (nSPS) is 17.1. The van der Waals surface area contributed by atoms with Crippen molar-refractivity contribution in [1.29, 1.82) is 0 Å². The van der Waals surface area contributed by atoms with Gasteiger partial charge in [0.2, 0.25) is 0 Å². The molecule has 0 radical (unpaired) electrons. The quantitative estimate of drug-likeness (QED) is 0.667. The van der Waals surface area contributed by atoms with E-state index in [9.17, 15) is 9.90 Å². The molecule has 0 fully saturated rings. The molecule has 1 amide bonds. The number of para-hydroxylation sites is 2. The van der Waals surface area contributed by atoms with Gasteiger partial charge in [-0.25, -0.2) is 5.43 Å². The predicted octanol–water partition coefficient (Wildman–Crippen LogP) is 3.42. The highest BCUT2D eigenvalue weighted by Gasteiger charge is 2.37. The van der Waals surface area contributed by atoms with Crippen molar-refractivity contribution >= 4 is 17.8 Å². The van der Waals surface area contributed by atoms with Gasteiger partial charge in [-0.2, -0.15) is 5.10 Å². The lowest BCUT2D eigenvalue weighted by atomic mass is 9.84. The summed E-state index contributed by atoms with van der Waals surface area (Å²) in [7, 11) is 2.02. The fourth-order valence-corrected chi connectivity index (χ4v) is 3.23. The molecular formula is C20H21N3O2. The van der Waals surface area contributed by atoms with Crippen LogP contribution in [0.15, 0.2) is 65.4 Å². The van der Waals surface area contributed by atoms with Gasteiger partial charge in [-0.05, 0) is 29.8 Å². The first-order valence-corrected chi connectivity index (χ1v) is 8.08. The molecule has 1 aliphatic rings. The molecule has 0 bridgehead atoms. The van der Waals surface area contributed by atoms with E-state index in [0.29, 0.717) is 0 Å². The Bertz CT molecular complexity index is 869. The second-order valence-electron chi connectivity index (χ2n) is 6.49. The third kappa shape index (κ3) is 3.01. The molecule has 0 unspecified atom stereocenters. The molecular weight excluding hydrogens is 314 g/mol. The van der Waals surface area contributed by atoms with Gasteiger partial charge in [0.05, 0.1) is 5.56 Å². The van der Waals surface area contributed by atoms with Gasteiger partial charge >= 0.3 is 0 Å². The molecule has 5 nitrogen and oxygen atoms in total. The average molecular weight is 335 g/mol. The van der Waals surface area contributed by atoms with E-state index in [0.717, 1.165) is 5.70 Å². The minimum atomic E-state index is -0.449. The Morgan fingerprint density at radius 2 is 1.84 bits per heavy atom. The van der Waals surface area contributed by atoms with E-state index in [2.05, 4.69) is 41.4 Å². The molecule has 0 aliphatic carbocycles. The Balaban J connectivity index is 1.75. The number of nitrogens with zero attached hydrogens (tertiary/aromatic N) is 2. The number of phenols is 1. The Hall–Kier alpha value is -3.08. The molecule has 1 heterocycles. The van der Waals surface area contributed by atoms with E-state index in [1.54, 1.807) is 24.4 Å². The van der Waals surface area contributed by atoms with Gasteiger partial charge in [-0.3, -0.25) is 4.79 Å². The summed E-state index contributed by atoms with van der Waals surface area (Å²) in [6.07, 6.45) is 3.46. The first kappa shape index (κ1) is 16.8. The van der Waals surface area contributed by atoms with Crippen LogP contribution in [0.4, 0.5) is 5.69 Å². The average Bonchev–Trinajstić information content (AvgIpc) is 2.79. The fourth-order valence-electron chi connectivity index (χ4n) is 3.23. The van der Waals surface area contributed by atoms with Crippen molar-refractivity contribution in [3.8, 4) is 5.75 Å². The Labute approximate surface area is 147 Å². The van der Waals surface area contributed by atoms with E-state index in [4.69, 9.17) is 0 Å². The Morgan fingerprint density at radius 1 is 1.16 bits per heavy atom. The second-order valence-corrected chi connectivity index (χ2v) is 6.49. The molecule has 0 aromatic heterocycles. The van der Waals surface area contributed by atoms with Gasteiger partial charge < -0.3 is 10.0 Å². The number of hydrogen-bond donors (Lipinski definition) is 2. The highest BCUT2D eigenvalue weighted by Crippen LogP contribution is 2.46. The van der Waals surface area contributed by atoms with E-state index in [1.165, 1.54) is 17.3 Å². The van der Waals surface area contributed by atoms with E-state index < -0.39 is 5.91 Å². The number of aromatic hydroxyl groups is 1. The number of hydrogen-bond acceptors (Lipinski definition) is 4. The van der Waals surface area contributed by atoms with Crippen molar-refractivity contribution in [1.82, 2.24) is 5.43 Å². The third-order valence-corrected chi connectivity index (χ3v) is 4.56. The number of rotatable bonds is 3. The summed E-state index contributed by atoms with van der Waals surface area (Å²) < 4.78 is 0. The number of benzene rings is 2. The molecule has 2 N–H and O–H groups in total. The lowest BCUT2D eigenvalue weighted by Crippen LogP contribution is -2.23. The number of carbonyl (C=O) groups is 1. The maximum Gasteiger partial charge on any atom is 0.275 e. The smallest absolute Gasteiger partial charge is 0.275 e. The molecule has 2 aromatic rings. The van der Waals surface area contributed by atoms with Crippen molar-refractivity contribution in [2.24, 2.45) is 5.10 Å². The maximum atomic E-state index is 12.0. The molecule has 3 rings (SSSR count). The second kappa shape index (κ2) is 6.43. The van der Waals surface area contributed by atoms with Gasteiger partial charge in [0, 0.05) is 30.1 Å². The largest absolute Gasteiger partial charge is 0.507 e. The van der Waals surface area contributed by atoms with Crippen molar-refractivity contribution in [3.63, 3.8) is 0 Å². The summed E-state index contributed by atoms with van der Waals surface area (Å²) in [5.41, 5.74) is 6.01. The van der Waals surface area contributed by atoms with Crippen molar-refractivity contribution in [2.45, 2.75) is 19.3 Å². The number of phenolic OH excluding ortho intramolecular Hbond substituents is 1. The van der Waals surface area contributed by atoms with Crippen LogP contribution >= 0.6 is 0 Å². The number of likely N-dealkylation sites (N-methyl/N-ethyl adjacent to an activating group) is 1. The number of anilines is 1. The number of allylic oxidation sites excluding steroid dienone is 2. The number of hydrazone groups is 1. The lowest BCUT2D eigenvalue weighted by Gasteiger charge is -2.23. The molecule has 128 valence electrons. The molecule has 2 aromatic carbocycles. The van der Waals surface area contributed by atoms with Crippen LogP contribution in [-0.4, -0.2) is 24.3 Å². The Kier molecular flexibility index (Phi) is 4.31. The van der Waals surface area contributed by atoms with E-state index >= 15 is 0 Å². The molecule has 25 heavy (non-hydrogen) atoms. The van der Waals surface area contributed by atoms with Crippen LogP contribution in [0.1, 0.15) is 29.8 Å². The zero-order valence-electron chi connectivity index (χ0n) is 14.5. The summed E-state index contributed by atoms with van der Waals surface area (Å²) in [6, 6.07) is 14.6. The van der Waals surface area contributed by atoms with E-state index in [1.807, 2.05) is 25.3 Å². The summed E-state index contributed by atoms with van der Waals surface area (Å²) in [5, 5.41) is 13.7. The van der Waals surface area contributed by atoms with Crippen molar-refractivity contribution in [3.05, 3.63) is 71.4 Å². The number of carbonyl (C=O) groups excluding carboxylic acids is 1. The van der Waals surface area contributed by atoms with Crippen LogP contribution < -0.4 is 10.3 Å². The minimum Gasteiger partial charge on any atom is -0.507 e. The monoisotopic (exact) mass is 335 g/mol. The van der Waals surface area contributed by atoms with Crippen molar-refractivity contribution in [2.75, 3.05) is 11.9 Å². The SMILES string of the molecule is CN1C(=CC=NNC(=O)c2ccccc2O)C(C)(C)c2ccccc21. The van der Waals surface area contributed by atoms with Crippen LogP contribution in [0, 0.1) is 0 Å². The van der Waals surface area contributed by atoms with Gasteiger partial charge in [0.15, 0.2) is 0 Å². The summed E-state index contributed by atoms with van der Waals surface area (Å²) in [4.78, 5) is 14.1. The van der Waals surface area contributed by atoms with Gasteiger partial charge in [0.25, 0.3) is 5.91 Å². The van der Waals surface area contributed by atoms with Crippen LogP contribution in [0.3, 0.4) is 0 Å². The number of nitrogens with one attached hydrogen (secondary N) is 1. The van der Waals surface area contributed by atoms with Gasteiger partial charge in [-0.15, -0.1) is 0 Å². The highest BCUT2D eigenvalue weighted by molar-refractivity contribution is 5.97. The number of amides is 1. The van der Waals surface area contributed by atoms with Crippen LogP contribution in [0.5, 0.6) is 5.75 Å². The van der Waals surface area contributed by atoms with Crippen LogP contribution in [0.25, 0.3) is 0 Å². The molecule has 0 atom stereocenters. The van der Waals surface area contributed by atoms with Crippen LogP contribution in [-0.2, 0) is 5.41 Å². The minimum absolute atomic E-state index is 0.0688. The Morgan fingerprint density at radius 3 is 2.56 bits per heavy atom. The topological polar surface area (TPSA) is 64.9 Å². The zero-order valence-corrected chi connectivity index (χ0v) is 14.5. The first-order chi connectivity index (χ1) is 11.9. The lowest BCUT2D eigenvalue weighted by molar-refractivity contribution is 0.0952. The molecule has 0 saturated heterocycles. The summed E-state index contributed by atoms with van der Waals surface area (Å²) in [6.45, 7) is 4.32. The molecule has 1 aliphatic heterocycles. The molecule has 5 heteroatoms.